The van der Waals surface area contributed by atoms with Crippen LogP contribution in [0.25, 0.3) is 11.1 Å². The molecule has 2 heterocycles. The molecule has 1 aliphatic rings. The Hall–Kier alpha value is -2.34. The van der Waals surface area contributed by atoms with E-state index >= 15 is 0 Å². The van der Waals surface area contributed by atoms with E-state index in [-0.39, 0.29) is 11.5 Å². The Morgan fingerprint density at radius 2 is 2.07 bits per heavy atom. The SMILES string of the molecule is CC(C)(C)OC(=O)NCC1(CNc2cnc(Cl)c(-c3cccnc3)c2)CC1. The van der Waals surface area contributed by atoms with Crippen LogP contribution in [-0.2, 0) is 4.74 Å². The number of ether oxygens (including phenoxy) is 1. The molecule has 2 N–H and O–H groups in total. The highest BCUT2D eigenvalue weighted by atomic mass is 35.5. The Morgan fingerprint density at radius 1 is 1.30 bits per heavy atom. The molecule has 0 atom stereocenters. The number of anilines is 1. The first kappa shape index (κ1) is 19.4. The predicted molar refractivity (Wildman–Crippen MR) is 107 cm³/mol. The number of carbonyl (C=O) groups is 1. The summed E-state index contributed by atoms with van der Waals surface area (Å²) in [6.07, 6.45) is 6.96. The molecule has 0 spiro atoms. The Balaban J connectivity index is 1.58. The zero-order chi connectivity index (χ0) is 19.5. The monoisotopic (exact) mass is 388 g/mol. The molecule has 1 aliphatic carbocycles. The summed E-state index contributed by atoms with van der Waals surface area (Å²) in [4.78, 5) is 20.3. The number of halogens is 1. The van der Waals surface area contributed by atoms with Crippen molar-refractivity contribution in [1.82, 2.24) is 15.3 Å². The summed E-state index contributed by atoms with van der Waals surface area (Å²) < 4.78 is 5.30. The summed E-state index contributed by atoms with van der Waals surface area (Å²) in [5.74, 6) is 0. The Kier molecular flexibility index (Phi) is 5.56. The standard InChI is InChI=1S/C20H25ClN4O2/c1-19(2,3)27-18(26)25-13-20(6-7-20)12-24-15-9-16(17(21)23-11-15)14-5-4-8-22-10-14/h4-5,8-11,24H,6-7,12-13H2,1-3H3,(H,25,26). The van der Waals surface area contributed by atoms with Crippen LogP contribution in [0.3, 0.4) is 0 Å². The third-order valence-corrected chi connectivity index (χ3v) is 4.74. The maximum absolute atomic E-state index is 11.9. The quantitative estimate of drug-likeness (QED) is 0.712. The molecule has 2 aromatic heterocycles. The van der Waals surface area contributed by atoms with Gasteiger partial charge in [0, 0.05) is 42.0 Å². The average molecular weight is 389 g/mol. The van der Waals surface area contributed by atoms with Gasteiger partial charge in [0.2, 0.25) is 0 Å². The summed E-state index contributed by atoms with van der Waals surface area (Å²) in [6.45, 7) is 6.90. The minimum Gasteiger partial charge on any atom is -0.444 e. The molecule has 6 nitrogen and oxygen atoms in total. The molecule has 0 aromatic carbocycles. The molecule has 0 saturated heterocycles. The highest BCUT2D eigenvalue weighted by Gasteiger charge is 2.42. The van der Waals surface area contributed by atoms with E-state index in [2.05, 4.69) is 20.6 Å². The maximum Gasteiger partial charge on any atom is 0.407 e. The highest BCUT2D eigenvalue weighted by Crippen LogP contribution is 2.45. The summed E-state index contributed by atoms with van der Waals surface area (Å²) in [6, 6.07) is 5.80. The Bertz CT molecular complexity index is 801. The topological polar surface area (TPSA) is 76.1 Å². The van der Waals surface area contributed by atoms with Crippen LogP contribution in [0.1, 0.15) is 33.6 Å². The zero-order valence-electron chi connectivity index (χ0n) is 15.9. The van der Waals surface area contributed by atoms with Gasteiger partial charge in [-0.2, -0.15) is 0 Å². The molecule has 1 fully saturated rings. The second-order valence-electron chi connectivity index (χ2n) is 8.01. The fourth-order valence-electron chi connectivity index (χ4n) is 2.73. The molecule has 0 radical (unpaired) electrons. The number of nitrogens with zero attached hydrogens (tertiary/aromatic N) is 2. The van der Waals surface area contributed by atoms with Crippen molar-refractivity contribution in [3.05, 3.63) is 41.9 Å². The first-order valence-electron chi connectivity index (χ1n) is 9.03. The first-order chi connectivity index (χ1) is 12.8. The summed E-state index contributed by atoms with van der Waals surface area (Å²) in [5.41, 5.74) is 2.22. The van der Waals surface area contributed by atoms with Crippen molar-refractivity contribution in [2.45, 2.75) is 39.2 Å². The van der Waals surface area contributed by atoms with E-state index in [4.69, 9.17) is 16.3 Å². The fourth-order valence-corrected chi connectivity index (χ4v) is 2.94. The van der Waals surface area contributed by atoms with Gasteiger partial charge < -0.3 is 15.4 Å². The predicted octanol–water partition coefficient (Wildman–Crippen LogP) is 4.51. The lowest BCUT2D eigenvalue weighted by molar-refractivity contribution is 0.0517. The van der Waals surface area contributed by atoms with Crippen molar-refractivity contribution >= 4 is 23.4 Å². The number of hydrogen-bond acceptors (Lipinski definition) is 5. The second kappa shape index (κ2) is 7.72. The third-order valence-electron chi connectivity index (χ3n) is 4.44. The fraction of sp³-hybridized carbons (Fsp3) is 0.450. The van der Waals surface area contributed by atoms with Crippen LogP contribution < -0.4 is 10.6 Å². The van der Waals surface area contributed by atoms with Crippen molar-refractivity contribution in [3.8, 4) is 11.1 Å². The van der Waals surface area contributed by atoms with Gasteiger partial charge in [-0.3, -0.25) is 4.98 Å². The first-order valence-corrected chi connectivity index (χ1v) is 9.41. The minimum absolute atomic E-state index is 0.0605. The van der Waals surface area contributed by atoms with Gasteiger partial charge in [0.05, 0.1) is 11.9 Å². The molecule has 1 amide bonds. The lowest BCUT2D eigenvalue weighted by atomic mass is 10.1. The molecular weight excluding hydrogens is 364 g/mol. The molecule has 27 heavy (non-hydrogen) atoms. The van der Waals surface area contributed by atoms with E-state index in [9.17, 15) is 4.79 Å². The van der Waals surface area contributed by atoms with Gasteiger partial charge in [-0.15, -0.1) is 0 Å². The zero-order valence-corrected chi connectivity index (χ0v) is 16.6. The molecule has 144 valence electrons. The van der Waals surface area contributed by atoms with Crippen molar-refractivity contribution in [2.24, 2.45) is 5.41 Å². The number of rotatable bonds is 6. The number of nitrogens with one attached hydrogen (secondary N) is 2. The Labute approximate surface area is 164 Å². The highest BCUT2D eigenvalue weighted by molar-refractivity contribution is 6.32. The number of hydrogen-bond donors (Lipinski definition) is 2. The maximum atomic E-state index is 11.9. The molecule has 0 aliphatic heterocycles. The lowest BCUT2D eigenvalue weighted by Gasteiger charge is -2.22. The molecule has 0 bridgehead atoms. The van der Waals surface area contributed by atoms with Crippen LogP contribution in [0, 0.1) is 5.41 Å². The third kappa shape index (κ3) is 5.57. The van der Waals surface area contributed by atoms with Gasteiger partial charge in [-0.05, 0) is 45.7 Å². The number of amides is 1. The minimum atomic E-state index is -0.489. The average Bonchev–Trinajstić information content (AvgIpc) is 3.39. The Morgan fingerprint density at radius 3 is 2.70 bits per heavy atom. The van der Waals surface area contributed by atoms with E-state index < -0.39 is 5.60 Å². The summed E-state index contributed by atoms with van der Waals surface area (Å²) in [7, 11) is 0. The normalized spacial score (nSPS) is 15.1. The molecule has 7 heteroatoms. The number of aromatic nitrogens is 2. The van der Waals surface area contributed by atoms with Crippen LogP contribution >= 0.6 is 11.6 Å². The summed E-state index contributed by atoms with van der Waals surface area (Å²) in [5, 5.41) is 6.75. The van der Waals surface area contributed by atoms with Gasteiger partial charge in [-0.25, -0.2) is 9.78 Å². The summed E-state index contributed by atoms with van der Waals surface area (Å²) >= 11 is 6.24. The van der Waals surface area contributed by atoms with Gasteiger partial charge in [0.1, 0.15) is 10.8 Å². The van der Waals surface area contributed by atoms with Crippen LogP contribution in [0.2, 0.25) is 5.15 Å². The van der Waals surface area contributed by atoms with E-state index in [0.717, 1.165) is 36.2 Å². The largest absolute Gasteiger partial charge is 0.444 e. The van der Waals surface area contributed by atoms with Crippen LogP contribution in [-0.4, -0.2) is 34.8 Å². The van der Waals surface area contributed by atoms with Crippen molar-refractivity contribution in [2.75, 3.05) is 18.4 Å². The van der Waals surface area contributed by atoms with E-state index in [1.54, 1.807) is 18.6 Å². The van der Waals surface area contributed by atoms with Gasteiger partial charge in [0.25, 0.3) is 0 Å². The second-order valence-corrected chi connectivity index (χ2v) is 8.37. The number of carbonyl (C=O) groups excluding carboxylic acids is 1. The van der Waals surface area contributed by atoms with Gasteiger partial charge >= 0.3 is 6.09 Å². The molecule has 3 rings (SSSR count). The number of alkyl carbamates (subject to hydrolysis) is 1. The van der Waals surface area contributed by atoms with Crippen LogP contribution in [0.5, 0.6) is 0 Å². The lowest BCUT2D eigenvalue weighted by Crippen LogP contribution is -2.37. The molecule has 1 saturated carbocycles. The van der Waals surface area contributed by atoms with E-state index in [1.807, 2.05) is 39.0 Å². The van der Waals surface area contributed by atoms with Gasteiger partial charge in [-0.1, -0.05) is 17.7 Å². The van der Waals surface area contributed by atoms with Crippen LogP contribution in [0.15, 0.2) is 36.8 Å². The van der Waals surface area contributed by atoms with E-state index in [1.165, 1.54) is 0 Å². The molecule has 2 aromatic rings. The molecular formula is C20H25ClN4O2. The van der Waals surface area contributed by atoms with E-state index in [0.29, 0.717) is 11.7 Å². The van der Waals surface area contributed by atoms with Crippen molar-refractivity contribution in [1.29, 1.82) is 0 Å². The van der Waals surface area contributed by atoms with Crippen LogP contribution in [0.4, 0.5) is 10.5 Å². The molecule has 0 unspecified atom stereocenters. The van der Waals surface area contributed by atoms with Gasteiger partial charge in [0.15, 0.2) is 0 Å². The number of pyridine rings is 2. The smallest absolute Gasteiger partial charge is 0.407 e. The van der Waals surface area contributed by atoms with Crippen molar-refractivity contribution in [3.63, 3.8) is 0 Å². The van der Waals surface area contributed by atoms with Crippen molar-refractivity contribution < 1.29 is 9.53 Å².